The maximum Gasteiger partial charge on any atom is 0.110 e. The molecule has 0 amide bonds. The molecule has 0 radical (unpaired) electrons. The number of rotatable bonds is 1. The van der Waals surface area contributed by atoms with Crippen LogP contribution < -0.4 is 0 Å². The Balaban J connectivity index is 2.47. The topological polar surface area (TPSA) is 38.1 Å². The van der Waals surface area contributed by atoms with E-state index in [1.165, 1.54) is 0 Å². The zero-order chi connectivity index (χ0) is 10.3. The molecule has 1 heterocycles. The van der Waals surface area contributed by atoms with Crippen molar-refractivity contribution >= 4 is 11.6 Å². The molecule has 1 aromatic heterocycles. The Hall–Kier alpha value is -0.540. The third kappa shape index (κ3) is 1.27. The van der Waals surface area contributed by atoms with E-state index in [2.05, 4.69) is 12.0 Å². The third-order valence-electron chi connectivity index (χ3n) is 3.31. The van der Waals surface area contributed by atoms with E-state index in [0.717, 1.165) is 25.0 Å². The molecule has 1 aliphatic carbocycles. The van der Waals surface area contributed by atoms with Crippen LogP contribution in [0, 0.1) is 5.92 Å². The van der Waals surface area contributed by atoms with Gasteiger partial charge in [0, 0.05) is 7.05 Å². The summed E-state index contributed by atoms with van der Waals surface area (Å²) in [6, 6.07) is 0. The maximum absolute atomic E-state index is 10.5. The zero-order valence-corrected chi connectivity index (χ0v) is 9.25. The van der Waals surface area contributed by atoms with Crippen LogP contribution in [-0.4, -0.2) is 14.9 Å². The van der Waals surface area contributed by atoms with Gasteiger partial charge in [-0.2, -0.15) is 5.10 Å². The lowest BCUT2D eigenvalue weighted by atomic mass is 9.89. The zero-order valence-electron chi connectivity index (χ0n) is 8.50. The Morgan fingerprint density at radius 1 is 1.71 bits per heavy atom. The molecule has 1 saturated carbocycles. The van der Waals surface area contributed by atoms with Gasteiger partial charge >= 0.3 is 0 Å². The molecule has 78 valence electrons. The summed E-state index contributed by atoms with van der Waals surface area (Å²) in [5, 5.41) is 15.2. The van der Waals surface area contributed by atoms with Crippen molar-refractivity contribution in [1.29, 1.82) is 0 Å². The minimum absolute atomic E-state index is 0.260. The fourth-order valence-corrected chi connectivity index (χ4v) is 2.74. The highest BCUT2D eigenvalue weighted by Gasteiger charge is 2.43. The van der Waals surface area contributed by atoms with E-state index < -0.39 is 5.60 Å². The number of aliphatic hydroxyl groups is 1. The van der Waals surface area contributed by atoms with Gasteiger partial charge in [0.1, 0.15) is 5.60 Å². The SMILES string of the molecule is CC1CCCC1(O)c1c(Cl)cnn1C. The molecular weight excluding hydrogens is 200 g/mol. The molecule has 1 aliphatic rings. The average molecular weight is 215 g/mol. The van der Waals surface area contributed by atoms with E-state index in [1.54, 1.807) is 10.9 Å². The lowest BCUT2D eigenvalue weighted by Gasteiger charge is -2.28. The van der Waals surface area contributed by atoms with Crippen molar-refractivity contribution < 1.29 is 5.11 Å². The Morgan fingerprint density at radius 2 is 2.43 bits per heavy atom. The molecule has 1 aromatic rings. The van der Waals surface area contributed by atoms with Gasteiger partial charge in [0.05, 0.1) is 16.9 Å². The van der Waals surface area contributed by atoms with E-state index in [0.29, 0.717) is 5.02 Å². The fourth-order valence-electron chi connectivity index (χ4n) is 2.41. The summed E-state index contributed by atoms with van der Waals surface area (Å²) in [6.07, 6.45) is 4.49. The standard InChI is InChI=1S/C10H15ClN2O/c1-7-4-3-5-10(7,14)9-8(11)6-12-13(9)2/h6-7,14H,3-5H2,1-2H3. The molecule has 2 atom stereocenters. The summed E-state index contributed by atoms with van der Waals surface area (Å²) in [6.45, 7) is 2.07. The Kier molecular flexibility index (Phi) is 2.32. The molecule has 14 heavy (non-hydrogen) atoms. The number of nitrogens with zero attached hydrogens (tertiary/aromatic N) is 2. The van der Waals surface area contributed by atoms with Gasteiger partial charge in [0.15, 0.2) is 0 Å². The minimum Gasteiger partial charge on any atom is -0.383 e. The normalized spacial score (nSPS) is 32.4. The highest BCUT2D eigenvalue weighted by atomic mass is 35.5. The van der Waals surface area contributed by atoms with Gasteiger partial charge in [-0.15, -0.1) is 0 Å². The van der Waals surface area contributed by atoms with E-state index in [4.69, 9.17) is 11.6 Å². The van der Waals surface area contributed by atoms with Gasteiger partial charge < -0.3 is 5.11 Å². The summed E-state index contributed by atoms with van der Waals surface area (Å²) in [5.41, 5.74) is -0.00772. The molecule has 1 N–H and O–H groups in total. The number of aromatic nitrogens is 2. The van der Waals surface area contributed by atoms with Crippen molar-refractivity contribution in [1.82, 2.24) is 9.78 Å². The van der Waals surface area contributed by atoms with Gasteiger partial charge in [-0.05, 0) is 25.2 Å². The van der Waals surface area contributed by atoms with Gasteiger partial charge in [0.2, 0.25) is 0 Å². The van der Waals surface area contributed by atoms with Gasteiger partial charge in [0.25, 0.3) is 0 Å². The van der Waals surface area contributed by atoms with Crippen molar-refractivity contribution in [2.24, 2.45) is 13.0 Å². The van der Waals surface area contributed by atoms with Crippen molar-refractivity contribution in [3.8, 4) is 0 Å². The second-order valence-electron chi connectivity index (χ2n) is 4.18. The highest BCUT2D eigenvalue weighted by molar-refractivity contribution is 6.31. The van der Waals surface area contributed by atoms with Crippen molar-refractivity contribution in [3.63, 3.8) is 0 Å². The van der Waals surface area contributed by atoms with E-state index in [1.807, 2.05) is 7.05 Å². The minimum atomic E-state index is -0.775. The van der Waals surface area contributed by atoms with Crippen LogP contribution in [0.3, 0.4) is 0 Å². The molecule has 0 spiro atoms. The van der Waals surface area contributed by atoms with Gasteiger partial charge in [-0.3, -0.25) is 4.68 Å². The third-order valence-corrected chi connectivity index (χ3v) is 3.59. The summed E-state index contributed by atoms with van der Waals surface area (Å²) >= 11 is 6.04. The second-order valence-corrected chi connectivity index (χ2v) is 4.59. The maximum atomic E-state index is 10.5. The number of aryl methyl sites for hydroxylation is 1. The molecule has 0 aromatic carbocycles. The molecule has 2 unspecified atom stereocenters. The lowest BCUT2D eigenvalue weighted by molar-refractivity contribution is -0.00306. The van der Waals surface area contributed by atoms with Gasteiger partial charge in [-0.25, -0.2) is 0 Å². The van der Waals surface area contributed by atoms with E-state index >= 15 is 0 Å². The average Bonchev–Trinajstić information content (AvgIpc) is 2.60. The van der Waals surface area contributed by atoms with Crippen LogP contribution in [0.4, 0.5) is 0 Å². The molecule has 0 saturated heterocycles. The Morgan fingerprint density at radius 3 is 2.86 bits per heavy atom. The quantitative estimate of drug-likeness (QED) is 0.778. The van der Waals surface area contributed by atoms with Crippen LogP contribution in [0.25, 0.3) is 0 Å². The first kappa shape index (κ1) is 9.99. The number of halogens is 1. The molecule has 4 heteroatoms. The Labute approximate surface area is 88.7 Å². The highest BCUT2D eigenvalue weighted by Crippen LogP contribution is 2.45. The smallest absolute Gasteiger partial charge is 0.110 e. The van der Waals surface area contributed by atoms with E-state index in [9.17, 15) is 5.11 Å². The fraction of sp³-hybridized carbons (Fsp3) is 0.700. The summed E-state index contributed by atoms with van der Waals surface area (Å²) in [7, 11) is 1.82. The first-order valence-corrected chi connectivity index (χ1v) is 5.34. The van der Waals surface area contributed by atoms with Crippen LogP contribution in [0.1, 0.15) is 31.9 Å². The molecule has 2 rings (SSSR count). The van der Waals surface area contributed by atoms with Crippen LogP contribution in [0.15, 0.2) is 6.20 Å². The number of hydrogen-bond donors (Lipinski definition) is 1. The molecule has 3 nitrogen and oxygen atoms in total. The summed E-state index contributed by atoms with van der Waals surface area (Å²) in [5.74, 6) is 0.260. The van der Waals surface area contributed by atoms with Crippen LogP contribution in [-0.2, 0) is 12.6 Å². The Bertz CT molecular complexity index is 330. The molecule has 0 aliphatic heterocycles. The van der Waals surface area contributed by atoms with Crippen molar-refractivity contribution in [2.75, 3.05) is 0 Å². The van der Waals surface area contributed by atoms with Crippen LogP contribution in [0.2, 0.25) is 5.02 Å². The van der Waals surface area contributed by atoms with Gasteiger partial charge in [-0.1, -0.05) is 18.5 Å². The second kappa shape index (κ2) is 3.24. The monoisotopic (exact) mass is 214 g/mol. The molecular formula is C10H15ClN2O. The van der Waals surface area contributed by atoms with Crippen LogP contribution in [0.5, 0.6) is 0 Å². The first-order valence-electron chi connectivity index (χ1n) is 4.96. The first-order chi connectivity index (χ1) is 6.55. The van der Waals surface area contributed by atoms with Crippen molar-refractivity contribution in [3.05, 3.63) is 16.9 Å². The summed E-state index contributed by atoms with van der Waals surface area (Å²) in [4.78, 5) is 0. The lowest BCUT2D eigenvalue weighted by Crippen LogP contribution is -2.31. The van der Waals surface area contributed by atoms with E-state index in [-0.39, 0.29) is 5.92 Å². The molecule has 1 fully saturated rings. The largest absolute Gasteiger partial charge is 0.383 e. The van der Waals surface area contributed by atoms with Crippen molar-refractivity contribution in [2.45, 2.75) is 31.8 Å². The number of hydrogen-bond acceptors (Lipinski definition) is 2. The summed E-state index contributed by atoms with van der Waals surface area (Å²) < 4.78 is 1.68. The predicted octanol–water partition coefficient (Wildman–Crippen LogP) is 2.08. The predicted molar refractivity (Wildman–Crippen MR) is 55.1 cm³/mol. The molecule has 0 bridgehead atoms. The van der Waals surface area contributed by atoms with Crippen LogP contribution >= 0.6 is 11.6 Å².